The highest BCUT2D eigenvalue weighted by Crippen LogP contribution is 2.34. The van der Waals surface area contributed by atoms with Crippen LogP contribution in [-0.4, -0.2) is 37.6 Å². The maximum atomic E-state index is 11.1. The van der Waals surface area contributed by atoms with E-state index in [1.807, 2.05) is 0 Å². The van der Waals surface area contributed by atoms with Crippen LogP contribution in [0.25, 0.3) is 0 Å². The first-order chi connectivity index (χ1) is 6.29. The second-order valence-corrected chi connectivity index (χ2v) is 4.18. The molecular formula is C10H17NO2. The van der Waals surface area contributed by atoms with E-state index in [1.54, 1.807) is 0 Å². The van der Waals surface area contributed by atoms with E-state index in [0.29, 0.717) is 12.3 Å². The van der Waals surface area contributed by atoms with Gasteiger partial charge in [-0.3, -0.25) is 4.79 Å². The van der Waals surface area contributed by atoms with E-state index in [4.69, 9.17) is 4.74 Å². The summed E-state index contributed by atoms with van der Waals surface area (Å²) >= 11 is 0. The summed E-state index contributed by atoms with van der Waals surface area (Å²) in [7, 11) is 1.48. The number of ether oxygens (including phenoxy) is 1. The van der Waals surface area contributed by atoms with Gasteiger partial charge in [-0.15, -0.1) is 0 Å². The molecule has 0 saturated carbocycles. The summed E-state index contributed by atoms with van der Waals surface area (Å²) in [6, 6.07) is 0. The fourth-order valence-corrected chi connectivity index (χ4v) is 2.62. The average Bonchev–Trinajstić information content (AvgIpc) is 2.19. The number of methoxy groups -OCH3 is 1. The number of nitrogens with zero attached hydrogens (tertiary/aromatic N) is 1. The summed E-state index contributed by atoms with van der Waals surface area (Å²) < 4.78 is 4.70. The van der Waals surface area contributed by atoms with Crippen molar-refractivity contribution >= 4 is 5.97 Å². The van der Waals surface area contributed by atoms with Gasteiger partial charge in [0.15, 0.2) is 0 Å². The number of esters is 1. The Bertz CT molecular complexity index is 197. The van der Waals surface area contributed by atoms with Crippen molar-refractivity contribution in [1.29, 1.82) is 0 Å². The van der Waals surface area contributed by atoms with E-state index < -0.39 is 0 Å². The number of rotatable bonds is 2. The molecule has 0 N–H and O–H groups in total. The normalized spacial score (nSPS) is 37.5. The molecule has 3 heteroatoms. The summed E-state index contributed by atoms with van der Waals surface area (Å²) in [6.45, 7) is 3.59. The molecule has 0 aromatic carbocycles. The van der Waals surface area contributed by atoms with Crippen LogP contribution < -0.4 is 0 Å². The number of fused-ring (bicyclic) bond motifs is 3. The van der Waals surface area contributed by atoms with E-state index in [0.717, 1.165) is 12.5 Å². The Labute approximate surface area is 79.0 Å². The van der Waals surface area contributed by atoms with Crippen molar-refractivity contribution in [3.05, 3.63) is 0 Å². The van der Waals surface area contributed by atoms with Gasteiger partial charge in [-0.1, -0.05) is 0 Å². The van der Waals surface area contributed by atoms with Gasteiger partial charge in [0.1, 0.15) is 0 Å². The van der Waals surface area contributed by atoms with Gasteiger partial charge in [0.05, 0.1) is 7.11 Å². The van der Waals surface area contributed by atoms with Crippen LogP contribution in [0.5, 0.6) is 0 Å². The minimum Gasteiger partial charge on any atom is -0.469 e. The molecule has 0 radical (unpaired) electrons. The predicted molar refractivity (Wildman–Crippen MR) is 49.3 cm³/mol. The largest absolute Gasteiger partial charge is 0.469 e. The standard InChI is InChI=1S/C10H17NO2/c1-13-10(12)6-9-7-11-4-2-8(9)3-5-11/h8-9H,2-7H2,1H3. The smallest absolute Gasteiger partial charge is 0.305 e. The highest BCUT2D eigenvalue weighted by molar-refractivity contribution is 5.69. The average molecular weight is 183 g/mol. The molecule has 3 fully saturated rings. The lowest BCUT2D eigenvalue weighted by atomic mass is 9.77. The molecule has 74 valence electrons. The van der Waals surface area contributed by atoms with Crippen LogP contribution in [-0.2, 0) is 9.53 Å². The molecule has 3 rings (SSSR count). The summed E-state index contributed by atoms with van der Waals surface area (Å²) in [5.74, 6) is 1.30. The highest BCUT2D eigenvalue weighted by atomic mass is 16.5. The zero-order valence-electron chi connectivity index (χ0n) is 8.16. The molecule has 0 spiro atoms. The minimum absolute atomic E-state index is 0.0428. The Morgan fingerprint density at radius 1 is 1.46 bits per heavy atom. The lowest BCUT2D eigenvalue weighted by Gasteiger charge is -2.44. The summed E-state index contributed by atoms with van der Waals surface area (Å²) in [5.41, 5.74) is 0. The number of hydrogen-bond donors (Lipinski definition) is 0. The second-order valence-electron chi connectivity index (χ2n) is 4.18. The Balaban J connectivity index is 1.90. The van der Waals surface area contributed by atoms with Crippen molar-refractivity contribution < 1.29 is 9.53 Å². The van der Waals surface area contributed by atoms with E-state index in [1.165, 1.54) is 33.0 Å². The fraction of sp³-hybridized carbons (Fsp3) is 0.900. The molecular weight excluding hydrogens is 166 g/mol. The van der Waals surface area contributed by atoms with Gasteiger partial charge in [0.25, 0.3) is 0 Å². The lowest BCUT2D eigenvalue weighted by Crippen LogP contribution is -2.47. The topological polar surface area (TPSA) is 29.5 Å². The zero-order valence-corrected chi connectivity index (χ0v) is 8.16. The van der Waals surface area contributed by atoms with Crippen molar-refractivity contribution in [3.63, 3.8) is 0 Å². The van der Waals surface area contributed by atoms with Crippen molar-refractivity contribution in [1.82, 2.24) is 4.90 Å². The van der Waals surface area contributed by atoms with Gasteiger partial charge in [-0.05, 0) is 37.8 Å². The lowest BCUT2D eigenvalue weighted by molar-refractivity contribution is -0.143. The molecule has 1 atom stereocenters. The Kier molecular flexibility index (Phi) is 2.54. The van der Waals surface area contributed by atoms with Gasteiger partial charge in [0.2, 0.25) is 0 Å². The molecule has 1 unspecified atom stereocenters. The third-order valence-electron chi connectivity index (χ3n) is 3.45. The van der Waals surface area contributed by atoms with Crippen molar-refractivity contribution in [2.24, 2.45) is 11.8 Å². The molecule has 3 saturated heterocycles. The number of piperidine rings is 3. The van der Waals surface area contributed by atoms with Crippen LogP contribution in [0.4, 0.5) is 0 Å². The maximum Gasteiger partial charge on any atom is 0.305 e. The molecule has 13 heavy (non-hydrogen) atoms. The summed E-state index contributed by atoms with van der Waals surface area (Å²) in [5, 5.41) is 0. The van der Waals surface area contributed by atoms with E-state index in [-0.39, 0.29) is 5.97 Å². The van der Waals surface area contributed by atoms with Crippen molar-refractivity contribution in [3.8, 4) is 0 Å². The molecule has 0 aromatic rings. The second kappa shape index (κ2) is 3.66. The van der Waals surface area contributed by atoms with Crippen LogP contribution in [0, 0.1) is 11.8 Å². The number of carbonyl (C=O) groups is 1. The van der Waals surface area contributed by atoms with Crippen LogP contribution in [0.1, 0.15) is 19.3 Å². The Morgan fingerprint density at radius 3 is 2.62 bits per heavy atom. The molecule has 0 aliphatic carbocycles. The first kappa shape index (κ1) is 9.00. The number of carbonyl (C=O) groups excluding carboxylic acids is 1. The van der Waals surface area contributed by atoms with Crippen LogP contribution in [0.3, 0.4) is 0 Å². The van der Waals surface area contributed by atoms with Crippen molar-refractivity contribution in [2.75, 3.05) is 26.7 Å². The van der Waals surface area contributed by atoms with E-state index in [9.17, 15) is 4.79 Å². The molecule has 3 heterocycles. The first-order valence-electron chi connectivity index (χ1n) is 5.09. The van der Waals surface area contributed by atoms with Crippen LogP contribution in [0.15, 0.2) is 0 Å². The van der Waals surface area contributed by atoms with Crippen molar-refractivity contribution in [2.45, 2.75) is 19.3 Å². The van der Waals surface area contributed by atoms with Gasteiger partial charge < -0.3 is 9.64 Å². The van der Waals surface area contributed by atoms with E-state index in [2.05, 4.69) is 4.90 Å². The highest BCUT2D eigenvalue weighted by Gasteiger charge is 2.35. The Hall–Kier alpha value is -0.570. The SMILES string of the molecule is COC(=O)CC1CN2CCC1CC2. The van der Waals surface area contributed by atoms with Gasteiger partial charge in [0, 0.05) is 13.0 Å². The minimum atomic E-state index is -0.0428. The fourth-order valence-electron chi connectivity index (χ4n) is 2.62. The third kappa shape index (κ3) is 1.85. The zero-order chi connectivity index (χ0) is 9.26. The summed E-state index contributed by atoms with van der Waals surface area (Å²) in [6.07, 6.45) is 3.18. The van der Waals surface area contributed by atoms with Crippen LogP contribution >= 0.6 is 0 Å². The number of hydrogen-bond acceptors (Lipinski definition) is 3. The monoisotopic (exact) mass is 183 g/mol. The van der Waals surface area contributed by atoms with Gasteiger partial charge in [-0.2, -0.15) is 0 Å². The quantitative estimate of drug-likeness (QED) is 0.595. The van der Waals surface area contributed by atoms with Gasteiger partial charge >= 0.3 is 5.97 Å². The first-order valence-corrected chi connectivity index (χ1v) is 5.09. The Morgan fingerprint density at radius 2 is 2.15 bits per heavy atom. The molecule has 3 aliphatic rings. The molecule has 3 aliphatic heterocycles. The van der Waals surface area contributed by atoms with E-state index >= 15 is 0 Å². The molecule has 0 aromatic heterocycles. The van der Waals surface area contributed by atoms with Gasteiger partial charge in [-0.25, -0.2) is 0 Å². The van der Waals surface area contributed by atoms with Crippen LogP contribution in [0.2, 0.25) is 0 Å². The molecule has 0 amide bonds. The molecule has 2 bridgehead atoms. The predicted octanol–water partition coefficient (Wildman–Crippen LogP) is 0.891. The summed E-state index contributed by atoms with van der Waals surface area (Å²) in [4.78, 5) is 13.6. The maximum absolute atomic E-state index is 11.1. The molecule has 3 nitrogen and oxygen atoms in total. The third-order valence-corrected chi connectivity index (χ3v) is 3.45.